The molecule has 0 aliphatic heterocycles. The summed E-state index contributed by atoms with van der Waals surface area (Å²) >= 11 is 0. The molecule has 0 aliphatic rings. The minimum absolute atomic E-state index is 0. The second-order valence-corrected chi connectivity index (χ2v) is 7.80. The maximum absolute atomic E-state index is 13.1. The Labute approximate surface area is 174 Å². The van der Waals surface area contributed by atoms with E-state index in [1.807, 2.05) is 90.3 Å². The molecule has 28 heavy (non-hydrogen) atoms. The molecule has 0 saturated heterocycles. The van der Waals surface area contributed by atoms with Crippen LogP contribution in [0.4, 0.5) is 0 Å². The van der Waals surface area contributed by atoms with E-state index in [4.69, 9.17) is 0 Å². The van der Waals surface area contributed by atoms with Crippen LogP contribution in [-0.2, 0) is 5.41 Å². The van der Waals surface area contributed by atoms with E-state index >= 15 is 0 Å². The molecule has 0 aromatic heterocycles. The Bertz CT molecular complexity index is 953. The van der Waals surface area contributed by atoms with Crippen LogP contribution in [0.3, 0.4) is 0 Å². The summed E-state index contributed by atoms with van der Waals surface area (Å²) in [5.74, 6) is 0.261. The number of hydrogen-bond donors (Lipinski definition) is 2. The zero-order valence-corrected chi connectivity index (χ0v) is 18.3. The molecule has 4 heteroatoms. The van der Waals surface area contributed by atoms with Crippen molar-refractivity contribution in [1.82, 2.24) is 5.32 Å². The molecule has 0 aliphatic carbocycles. The summed E-state index contributed by atoms with van der Waals surface area (Å²) in [6, 6.07) is 17.3. The Morgan fingerprint density at radius 2 is 1.54 bits per heavy atom. The van der Waals surface area contributed by atoms with Gasteiger partial charge in [0.1, 0.15) is 5.75 Å². The Morgan fingerprint density at radius 1 is 0.964 bits per heavy atom. The molecule has 0 spiro atoms. The number of nitrogens with one attached hydrogen (secondary N) is 1. The third-order valence-corrected chi connectivity index (χ3v) is 4.40. The zero-order chi connectivity index (χ0) is 20.2. The van der Waals surface area contributed by atoms with Gasteiger partial charge >= 0.3 is 0 Å². The average molecular weight is 400 g/mol. The molecule has 0 unspecified atom stereocenters. The molecular formula is C24H30ClNO2. The number of fused-ring (bicyclic) bond motifs is 1. The number of halogens is 1. The van der Waals surface area contributed by atoms with Gasteiger partial charge < -0.3 is 10.4 Å². The van der Waals surface area contributed by atoms with Gasteiger partial charge in [0.15, 0.2) is 5.78 Å². The van der Waals surface area contributed by atoms with Crippen molar-refractivity contribution in [2.45, 2.75) is 33.1 Å². The Kier molecular flexibility index (Phi) is 8.22. The maximum Gasteiger partial charge on any atom is 0.193 e. The van der Waals surface area contributed by atoms with Crippen LogP contribution in [0.2, 0.25) is 0 Å². The summed E-state index contributed by atoms with van der Waals surface area (Å²) in [5.41, 5.74) is 2.60. The first-order valence-corrected chi connectivity index (χ1v) is 9.15. The molecule has 0 saturated carbocycles. The van der Waals surface area contributed by atoms with E-state index in [1.165, 1.54) is 0 Å². The van der Waals surface area contributed by atoms with Crippen LogP contribution in [0, 0.1) is 6.92 Å². The fraction of sp³-hybridized carbons (Fsp3) is 0.292. The monoisotopic (exact) mass is 399 g/mol. The summed E-state index contributed by atoms with van der Waals surface area (Å²) in [6.45, 7) is 7.94. The second-order valence-electron chi connectivity index (χ2n) is 7.80. The Balaban J connectivity index is 0.000000921. The number of aromatic hydroxyl groups is 1. The van der Waals surface area contributed by atoms with Crippen LogP contribution in [0.25, 0.3) is 10.8 Å². The van der Waals surface area contributed by atoms with Crippen molar-refractivity contribution >= 4 is 29.0 Å². The molecule has 0 radical (unpaired) electrons. The van der Waals surface area contributed by atoms with Crippen LogP contribution in [0.1, 0.15) is 47.8 Å². The highest BCUT2D eigenvalue weighted by atomic mass is 35.5. The van der Waals surface area contributed by atoms with Crippen LogP contribution >= 0.6 is 12.4 Å². The topological polar surface area (TPSA) is 49.3 Å². The summed E-state index contributed by atoms with van der Waals surface area (Å²) in [4.78, 5) is 13.1. The van der Waals surface area contributed by atoms with Crippen molar-refractivity contribution in [2.75, 3.05) is 14.1 Å². The summed E-state index contributed by atoms with van der Waals surface area (Å²) in [6.07, 6.45) is 0. The van der Waals surface area contributed by atoms with Gasteiger partial charge in [0.2, 0.25) is 0 Å². The Hall–Kier alpha value is -2.36. The number of hydrogen-bond acceptors (Lipinski definition) is 3. The summed E-state index contributed by atoms with van der Waals surface area (Å²) in [7, 11) is 3.75. The molecule has 3 nitrogen and oxygen atoms in total. The highest BCUT2D eigenvalue weighted by molar-refractivity contribution is 6.16. The molecule has 3 rings (SSSR count). The number of aryl methyl sites for hydroxylation is 1. The number of benzene rings is 3. The van der Waals surface area contributed by atoms with Crippen molar-refractivity contribution in [3.8, 4) is 5.75 Å². The van der Waals surface area contributed by atoms with Crippen molar-refractivity contribution in [2.24, 2.45) is 0 Å². The number of carbonyl (C=O) groups excluding carboxylic acids is 1. The minimum Gasteiger partial charge on any atom is -0.507 e. The van der Waals surface area contributed by atoms with E-state index in [0.717, 1.165) is 21.9 Å². The van der Waals surface area contributed by atoms with Gasteiger partial charge in [-0.3, -0.25) is 4.79 Å². The first-order valence-electron chi connectivity index (χ1n) is 9.15. The van der Waals surface area contributed by atoms with E-state index in [1.54, 1.807) is 6.07 Å². The lowest BCUT2D eigenvalue weighted by molar-refractivity contribution is 0.104. The number of phenols is 1. The highest BCUT2D eigenvalue weighted by Crippen LogP contribution is 2.35. The number of phenolic OH excluding ortho intramolecular Hbond substituents is 1. The number of ketones is 1. The lowest BCUT2D eigenvalue weighted by atomic mass is 9.83. The van der Waals surface area contributed by atoms with Crippen LogP contribution in [0.5, 0.6) is 5.75 Å². The van der Waals surface area contributed by atoms with Gasteiger partial charge in [-0.25, -0.2) is 0 Å². The first-order chi connectivity index (χ1) is 12.7. The highest BCUT2D eigenvalue weighted by Gasteiger charge is 2.22. The SMILES string of the molecule is CNC.Cc1cc(C(=O)c2cccc3ccccc23)cc(C(C)(C)C)c1O.Cl. The molecule has 0 fully saturated rings. The molecule has 0 bridgehead atoms. The smallest absolute Gasteiger partial charge is 0.193 e. The molecule has 3 aromatic carbocycles. The molecular weight excluding hydrogens is 370 g/mol. The lowest BCUT2D eigenvalue weighted by Gasteiger charge is -2.22. The zero-order valence-electron chi connectivity index (χ0n) is 17.5. The van der Waals surface area contributed by atoms with Gasteiger partial charge in [-0.05, 0) is 54.9 Å². The van der Waals surface area contributed by atoms with Gasteiger partial charge in [0.25, 0.3) is 0 Å². The van der Waals surface area contributed by atoms with E-state index in [0.29, 0.717) is 11.1 Å². The predicted molar refractivity (Wildman–Crippen MR) is 121 cm³/mol. The standard InChI is InChI=1S/C22H22O2.C2H7N.ClH/c1-14-12-16(13-19(20(14)23)22(2,3)4)21(24)18-11-7-9-15-8-5-6-10-17(15)18;1-3-2;/h5-13,23H,1-4H3;3H,1-2H3;1H. The number of rotatable bonds is 2. The summed E-state index contributed by atoms with van der Waals surface area (Å²) in [5, 5.41) is 15.1. The second kappa shape index (κ2) is 9.72. The third kappa shape index (κ3) is 5.12. The first kappa shape index (κ1) is 23.7. The molecule has 3 aromatic rings. The van der Waals surface area contributed by atoms with Gasteiger partial charge in [-0.15, -0.1) is 12.4 Å². The predicted octanol–water partition coefficient (Wildman–Crippen LogP) is 5.64. The maximum atomic E-state index is 13.1. The largest absolute Gasteiger partial charge is 0.507 e. The van der Waals surface area contributed by atoms with E-state index in [-0.39, 0.29) is 29.4 Å². The van der Waals surface area contributed by atoms with Crippen molar-refractivity contribution < 1.29 is 9.90 Å². The van der Waals surface area contributed by atoms with E-state index in [2.05, 4.69) is 5.32 Å². The fourth-order valence-electron chi connectivity index (χ4n) is 3.06. The van der Waals surface area contributed by atoms with Crippen molar-refractivity contribution in [3.05, 3.63) is 76.9 Å². The molecule has 0 heterocycles. The van der Waals surface area contributed by atoms with Gasteiger partial charge in [-0.2, -0.15) is 0 Å². The van der Waals surface area contributed by atoms with Crippen LogP contribution in [-0.4, -0.2) is 25.0 Å². The summed E-state index contributed by atoms with van der Waals surface area (Å²) < 4.78 is 0. The van der Waals surface area contributed by atoms with Crippen LogP contribution < -0.4 is 5.32 Å². The van der Waals surface area contributed by atoms with E-state index < -0.39 is 0 Å². The lowest BCUT2D eigenvalue weighted by Crippen LogP contribution is -2.14. The van der Waals surface area contributed by atoms with Gasteiger partial charge in [0.05, 0.1) is 0 Å². The molecule has 0 atom stereocenters. The average Bonchev–Trinajstić information content (AvgIpc) is 2.62. The molecule has 0 amide bonds. The van der Waals surface area contributed by atoms with Crippen molar-refractivity contribution in [1.29, 1.82) is 0 Å². The van der Waals surface area contributed by atoms with Crippen molar-refractivity contribution in [3.63, 3.8) is 0 Å². The van der Waals surface area contributed by atoms with Crippen LogP contribution in [0.15, 0.2) is 54.6 Å². The fourth-order valence-corrected chi connectivity index (χ4v) is 3.06. The Morgan fingerprint density at radius 3 is 2.14 bits per heavy atom. The molecule has 150 valence electrons. The quantitative estimate of drug-likeness (QED) is 0.548. The molecule has 2 N–H and O–H groups in total. The third-order valence-electron chi connectivity index (χ3n) is 4.40. The number of carbonyl (C=O) groups is 1. The van der Waals surface area contributed by atoms with E-state index in [9.17, 15) is 9.90 Å². The normalized spacial score (nSPS) is 10.6. The van der Waals surface area contributed by atoms with Gasteiger partial charge in [-0.1, -0.05) is 63.2 Å². The van der Waals surface area contributed by atoms with Gasteiger partial charge in [0, 0.05) is 16.7 Å². The minimum atomic E-state index is -0.232.